The molecule has 0 heterocycles. The molecule has 2 N–H and O–H groups in total. The summed E-state index contributed by atoms with van der Waals surface area (Å²) >= 11 is 0. The highest BCUT2D eigenvalue weighted by atomic mass is 32.2. The van der Waals surface area contributed by atoms with Gasteiger partial charge < -0.3 is 5.11 Å². The minimum absolute atomic E-state index is 0.352. The number of hydrogen-bond acceptors (Lipinski definition) is 3. The molecule has 5 nitrogen and oxygen atoms in total. The Morgan fingerprint density at radius 1 is 1.14 bits per heavy atom. The van der Waals surface area contributed by atoms with Gasteiger partial charge in [-0.3, -0.25) is 4.72 Å². The van der Waals surface area contributed by atoms with E-state index in [1.165, 1.54) is 6.07 Å². The number of nitrogens with one attached hydrogen (secondary N) is 1. The SMILES string of the molecule is Cc1ccc(F)c(S(=O)(=O)Nc2ccc(F)cc2C(=O)O)c1. The van der Waals surface area contributed by atoms with Crippen molar-refractivity contribution < 1.29 is 27.1 Å². The molecule has 0 aliphatic rings. The first kappa shape index (κ1) is 15.9. The summed E-state index contributed by atoms with van der Waals surface area (Å²) in [5.41, 5.74) is -0.411. The highest BCUT2D eigenvalue weighted by Crippen LogP contribution is 2.23. The van der Waals surface area contributed by atoms with Gasteiger partial charge in [-0.25, -0.2) is 22.0 Å². The maximum Gasteiger partial charge on any atom is 0.337 e. The van der Waals surface area contributed by atoms with Crippen molar-refractivity contribution in [3.63, 3.8) is 0 Å². The molecular weight excluding hydrogens is 316 g/mol. The van der Waals surface area contributed by atoms with Crippen molar-refractivity contribution in [2.75, 3.05) is 4.72 Å². The lowest BCUT2D eigenvalue weighted by molar-refractivity contribution is 0.0697. The van der Waals surface area contributed by atoms with Crippen LogP contribution in [0.2, 0.25) is 0 Å². The summed E-state index contributed by atoms with van der Waals surface area (Å²) in [5, 5.41) is 8.98. The van der Waals surface area contributed by atoms with Crippen molar-refractivity contribution in [3.8, 4) is 0 Å². The van der Waals surface area contributed by atoms with E-state index in [0.717, 1.165) is 24.3 Å². The number of carboxylic acids is 1. The van der Waals surface area contributed by atoms with Gasteiger partial charge in [0, 0.05) is 0 Å². The number of aryl methyl sites for hydroxylation is 1. The number of benzene rings is 2. The summed E-state index contributed by atoms with van der Waals surface area (Å²) in [6.45, 7) is 1.58. The Morgan fingerprint density at radius 3 is 2.45 bits per heavy atom. The van der Waals surface area contributed by atoms with Crippen LogP contribution in [-0.4, -0.2) is 19.5 Å². The zero-order valence-electron chi connectivity index (χ0n) is 11.3. The van der Waals surface area contributed by atoms with E-state index in [1.807, 2.05) is 4.72 Å². The van der Waals surface area contributed by atoms with Crippen LogP contribution in [0.4, 0.5) is 14.5 Å². The monoisotopic (exact) mass is 327 g/mol. The third-order valence-corrected chi connectivity index (χ3v) is 4.21. The highest BCUT2D eigenvalue weighted by Gasteiger charge is 2.22. The van der Waals surface area contributed by atoms with E-state index >= 15 is 0 Å². The average Bonchev–Trinajstić information content (AvgIpc) is 2.43. The van der Waals surface area contributed by atoms with Crippen molar-refractivity contribution in [2.45, 2.75) is 11.8 Å². The van der Waals surface area contributed by atoms with Gasteiger partial charge in [0.2, 0.25) is 0 Å². The molecule has 0 bridgehead atoms. The Hall–Kier alpha value is -2.48. The van der Waals surface area contributed by atoms with E-state index in [9.17, 15) is 22.0 Å². The maximum atomic E-state index is 13.7. The quantitative estimate of drug-likeness (QED) is 0.904. The molecule has 0 aromatic heterocycles. The number of rotatable bonds is 4. The molecule has 0 amide bonds. The zero-order valence-corrected chi connectivity index (χ0v) is 12.1. The highest BCUT2D eigenvalue weighted by molar-refractivity contribution is 7.92. The maximum absolute atomic E-state index is 13.7. The van der Waals surface area contributed by atoms with E-state index < -0.39 is 38.1 Å². The van der Waals surface area contributed by atoms with Crippen LogP contribution in [0.15, 0.2) is 41.3 Å². The van der Waals surface area contributed by atoms with E-state index in [1.54, 1.807) is 6.92 Å². The molecule has 0 spiro atoms. The lowest BCUT2D eigenvalue weighted by Crippen LogP contribution is -2.17. The summed E-state index contributed by atoms with van der Waals surface area (Å²) in [5.74, 6) is -3.32. The number of aromatic carboxylic acids is 1. The molecular formula is C14H11F2NO4S. The first-order valence-corrected chi connectivity index (χ1v) is 7.51. The second kappa shape index (κ2) is 5.72. The van der Waals surface area contributed by atoms with Crippen molar-refractivity contribution in [2.24, 2.45) is 0 Å². The number of carbonyl (C=O) groups is 1. The molecule has 2 aromatic rings. The molecule has 116 valence electrons. The molecule has 22 heavy (non-hydrogen) atoms. The topological polar surface area (TPSA) is 83.5 Å². The van der Waals surface area contributed by atoms with Gasteiger partial charge in [-0.2, -0.15) is 0 Å². The molecule has 2 aromatic carbocycles. The van der Waals surface area contributed by atoms with Crippen LogP contribution < -0.4 is 4.72 Å². The van der Waals surface area contributed by atoms with Crippen LogP contribution in [0.1, 0.15) is 15.9 Å². The number of halogens is 2. The number of carboxylic acid groups (broad SMARTS) is 1. The number of hydrogen-bond donors (Lipinski definition) is 2. The second-order valence-corrected chi connectivity index (χ2v) is 6.19. The largest absolute Gasteiger partial charge is 0.478 e. The summed E-state index contributed by atoms with van der Waals surface area (Å²) in [4.78, 5) is 10.4. The number of sulfonamides is 1. The van der Waals surface area contributed by atoms with Crippen molar-refractivity contribution in [1.82, 2.24) is 0 Å². The van der Waals surface area contributed by atoms with Crippen LogP contribution in [0.3, 0.4) is 0 Å². The van der Waals surface area contributed by atoms with Crippen LogP contribution in [0.25, 0.3) is 0 Å². The van der Waals surface area contributed by atoms with Gasteiger partial charge in [0.25, 0.3) is 10.0 Å². The molecule has 0 atom stereocenters. The van der Waals surface area contributed by atoms with Gasteiger partial charge in [-0.1, -0.05) is 6.07 Å². The molecule has 0 saturated carbocycles. The van der Waals surface area contributed by atoms with Gasteiger partial charge >= 0.3 is 5.97 Å². The lowest BCUT2D eigenvalue weighted by Gasteiger charge is -2.11. The van der Waals surface area contributed by atoms with Crippen molar-refractivity contribution in [1.29, 1.82) is 0 Å². The Labute approximate surface area is 125 Å². The minimum atomic E-state index is -4.35. The normalized spacial score (nSPS) is 11.2. The molecule has 0 fully saturated rings. The Kier molecular flexibility index (Phi) is 4.14. The first-order chi connectivity index (χ1) is 10.2. The molecule has 0 aliphatic carbocycles. The van der Waals surface area contributed by atoms with E-state index in [4.69, 9.17) is 5.11 Å². The fraction of sp³-hybridized carbons (Fsp3) is 0.0714. The van der Waals surface area contributed by atoms with Crippen LogP contribution in [0, 0.1) is 18.6 Å². The average molecular weight is 327 g/mol. The van der Waals surface area contributed by atoms with Gasteiger partial charge in [-0.15, -0.1) is 0 Å². The standard InChI is InChI=1S/C14H11F2NO4S/c1-8-2-4-11(16)13(6-8)22(20,21)17-12-5-3-9(15)7-10(12)14(18)19/h2-7,17H,1H3,(H,18,19). The molecule has 0 aliphatic heterocycles. The van der Waals surface area contributed by atoms with E-state index in [0.29, 0.717) is 11.6 Å². The van der Waals surface area contributed by atoms with Crippen LogP contribution >= 0.6 is 0 Å². The van der Waals surface area contributed by atoms with Crippen LogP contribution in [0.5, 0.6) is 0 Å². The van der Waals surface area contributed by atoms with Gasteiger partial charge in [0.05, 0.1) is 11.3 Å². The van der Waals surface area contributed by atoms with Gasteiger partial charge in [-0.05, 0) is 42.8 Å². The fourth-order valence-corrected chi connectivity index (χ4v) is 3.04. The molecule has 0 radical (unpaired) electrons. The Morgan fingerprint density at radius 2 is 1.82 bits per heavy atom. The second-order valence-electron chi connectivity index (χ2n) is 4.53. The fourth-order valence-electron chi connectivity index (χ4n) is 1.80. The number of anilines is 1. The predicted octanol–water partition coefficient (Wildman–Crippen LogP) is 2.77. The smallest absolute Gasteiger partial charge is 0.337 e. The molecule has 0 saturated heterocycles. The summed E-state index contributed by atoms with van der Waals surface area (Å²) in [7, 11) is -4.35. The Bertz CT molecular complexity index is 850. The van der Waals surface area contributed by atoms with E-state index in [-0.39, 0.29) is 5.69 Å². The van der Waals surface area contributed by atoms with Gasteiger partial charge in [0.15, 0.2) is 0 Å². The van der Waals surface area contributed by atoms with E-state index in [2.05, 4.69) is 0 Å². The Balaban J connectivity index is 2.50. The molecule has 0 unspecified atom stereocenters. The minimum Gasteiger partial charge on any atom is -0.478 e. The third kappa shape index (κ3) is 3.22. The molecule has 8 heteroatoms. The van der Waals surface area contributed by atoms with Crippen molar-refractivity contribution >= 4 is 21.7 Å². The van der Waals surface area contributed by atoms with Crippen LogP contribution in [-0.2, 0) is 10.0 Å². The first-order valence-electron chi connectivity index (χ1n) is 6.02. The molecule has 2 rings (SSSR count). The lowest BCUT2D eigenvalue weighted by atomic mass is 10.2. The summed E-state index contributed by atoms with van der Waals surface area (Å²) in [6.07, 6.45) is 0. The third-order valence-electron chi connectivity index (χ3n) is 2.83. The predicted molar refractivity (Wildman–Crippen MR) is 75.3 cm³/mol. The summed E-state index contributed by atoms with van der Waals surface area (Å²) in [6, 6.07) is 6.04. The van der Waals surface area contributed by atoms with Gasteiger partial charge in [0.1, 0.15) is 16.5 Å². The summed E-state index contributed by atoms with van der Waals surface area (Å²) < 4.78 is 53.1. The van der Waals surface area contributed by atoms with Crippen molar-refractivity contribution in [3.05, 3.63) is 59.2 Å². The zero-order chi connectivity index (χ0) is 16.5.